The van der Waals surface area contributed by atoms with Gasteiger partial charge in [-0.25, -0.2) is 4.39 Å². The minimum Gasteiger partial charge on any atom is -0.333 e. The second-order valence-corrected chi connectivity index (χ2v) is 5.97. The molecule has 1 N–H and O–H groups in total. The van der Waals surface area contributed by atoms with Gasteiger partial charge >= 0.3 is 0 Å². The van der Waals surface area contributed by atoms with Crippen LogP contribution in [-0.4, -0.2) is 17.0 Å². The fourth-order valence-electron chi connectivity index (χ4n) is 1.95. The second-order valence-electron chi connectivity index (χ2n) is 4.96. The van der Waals surface area contributed by atoms with Gasteiger partial charge in [-0.3, -0.25) is 4.99 Å². The molecule has 0 fully saturated rings. The van der Waals surface area contributed by atoms with Crippen LogP contribution in [0.15, 0.2) is 23.2 Å². The Bertz CT molecular complexity index is 534. The van der Waals surface area contributed by atoms with E-state index in [1.807, 2.05) is 6.07 Å². The number of hydrogen-bond donors (Lipinski definition) is 1. The summed E-state index contributed by atoms with van der Waals surface area (Å²) in [5.74, 6) is 1.13. The van der Waals surface area contributed by atoms with E-state index in [-0.39, 0.29) is 0 Å². The van der Waals surface area contributed by atoms with Gasteiger partial charge in [0.15, 0.2) is 5.17 Å². The summed E-state index contributed by atoms with van der Waals surface area (Å²) in [5.41, 5.74) is 0.692. The predicted octanol–water partition coefficient (Wildman–Crippen LogP) is 3.63. The molecule has 19 heavy (non-hydrogen) atoms. The fourth-order valence-corrected chi connectivity index (χ4v) is 2.92. The number of thioether (sulfide) groups is 1. The van der Waals surface area contributed by atoms with E-state index in [2.05, 4.69) is 24.2 Å². The summed E-state index contributed by atoms with van der Waals surface area (Å²) in [4.78, 5) is 4.54. The molecule has 1 aromatic rings. The van der Waals surface area contributed by atoms with Crippen LogP contribution < -0.4 is 5.32 Å². The molecule has 100 valence electrons. The third kappa shape index (κ3) is 3.71. The number of amidine groups is 1. The lowest BCUT2D eigenvalue weighted by atomic mass is 10.1. The van der Waals surface area contributed by atoms with Crippen LogP contribution in [0.4, 0.5) is 10.1 Å². The third-order valence-corrected chi connectivity index (χ3v) is 3.83. The molecule has 2 rings (SSSR count). The Labute approximate surface area is 116 Å². The van der Waals surface area contributed by atoms with E-state index in [0.29, 0.717) is 23.2 Å². The van der Waals surface area contributed by atoms with Crippen molar-refractivity contribution in [2.75, 3.05) is 11.1 Å². The van der Waals surface area contributed by atoms with Gasteiger partial charge in [0.2, 0.25) is 0 Å². The molecule has 0 bridgehead atoms. The molecule has 1 heterocycles. The SMILES string of the molecule is CC(C)CC1CSC(Nc2ccc(C#N)cc2F)=N1. The molecule has 1 aliphatic heterocycles. The molecule has 3 nitrogen and oxygen atoms in total. The number of anilines is 1. The Morgan fingerprint density at radius 1 is 1.58 bits per heavy atom. The highest BCUT2D eigenvalue weighted by Crippen LogP contribution is 2.25. The zero-order valence-corrected chi connectivity index (χ0v) is 11.8. The molecule has 1 aromatic carbocycles. The van der Waals surface area contributed by atoms with Gasteiger partial charge in [0.25, 0.3) is 0 Å². The molecule has 1 aliphatic rings. The summed E-state index contributed by atoms with van der Waals surface area (Å²) in [7, 11) is 0. The first-order valence-electron chi connectivity index (χ1n) is 6.25. The van der Waals surface area contributed by atoms with Crippen molar-refractivity contribution in [2.24, 2.45) is 10.9 Å². The van der Waals surface area contributed by atoms with Crippen LogP contribution in [0.3, 0.4) is 0 Å². The van der Waals surface area contributed by atoms with E-state index >= 15 is 0 Å². The molecular formula is C14H16FN3S. The van der Waals surface area contributed by atoms with Crippen molar-refractivity contribution in [3.05, 3.63) is 29.6 Å². The second kappa shape index (κ2) is 6.07. The Balaban J connectivity index is 2.04. The monoisotopic (exact) mass is 277 g/mol. The van der Waals surface area contributed by atoms with Gasteiger partial charge in [0, 0.05) is 5.75 Å². The van der Waals surface area contributed by atoms with Crippen molar-refractivity contribution in [3.63, 3.8) is 0 Å². The van der Waals surface area contributed by atoms with E-state index in [4.69, 9.17) is 5.26 Å². The molecule has 1 atom stereocenters. The van der Waals surface area contributed by atoms with Gasteiger partial charge in [-0.1, -0.05) is 25.6 Å². The number of nitrogens with one attached hydrogen (secondary N) is 1. The Morgan fingerprint density at radius 2 is 2.37 bits per heavy atom. The molecule has 5 heteroatoms. The molecule has 0 saturated heterocycles. The first-order valence-corrected chi connectivity index (χ1v) is 7.24. The summed E-state index contributed by atoms with van der Waals surface area (Å²) in [6, 6.07) is 6.63. The lowest BCUT2D eigenvalue weighted by molar-refractivity contribution is 0.529. The Hall–Kier alpha value is -1.54. The van der Waals surface area contributed by atoms with Crippen molar-refractivity contribution < 1.29 is 4.39 Å². The number of rotatable bonds is 3. The molecule has 0 amide bonds. The van der Waals surface area contributed by atoms with E-state index in [1.54, 1.807) is 23.9 Å². The van der Waals surface area contributed by atoms with Gasteiger partial charge in [-0.05, 0) is 30.5 Å². The smallest absolute Gasteiger partial charge is 0.161 e. The average Bonchev–Trinajstić information content (AvgIpc) is 2.78. The fraction of sp³-hybridized carbons (Fsp3) is 0.429. The standard InChI is InChI=1S/C14H16FN3S/c1-9(2)5-11-8-19-14(17-11)18-13-4-3-10(7-16)6-12(13)15/h3-4,6,9,11H,5,8H2,1-2H3,(H,17,18). The van der Waals surface area contributed by atoms with E-state index < -0.39 is 5.82 Å². The third-order valence-electron chi connectivity index (χ3n) is 2.80. The lowest BCUT2D eigenvalue weighted by Gasteiger charge is -2.07. The summed E-state index contributed by atoms with van der Waals surface area (Å²) in [6.07, 6.45) is 1.05. The van der Waals surface area contributed by atoms with E-state index in [1.165, 1.54) is 6.07 Å². The number of benzene rings is 1. The van der Waals surface area contributed by atoms with E-state index in [0.717, 1.165) is 17.3 Å². The van der Waals surface area contributed by atoms with Crippen molar-refractivity contribution in [3.8, 4) is 6.07 Å². The quantitative estimate of drug-likeness (QED) is 0.917. The van der Waals surface area contributed by atoms with Crippen LogP contribution in [0.1, 0.15) is 25.8 Å². The van der Waals surface area contributed by atoms with Crippen LogP contribution in [-0.2, 0) is 0 Å². The highest BCUT2D eigenvalue weighted by atomic mass is 32.2. The lowest BCUT2D eigenvalue weighted by Crippen LogP contribution is -2.08. The highest BCUT2D eigenvalue weighted by molar-refractivity contribution is 8.14. The van der Waals surface area contributed by atoms with Crippen molar-refractivity contribution >= 4 is 22.6 Å². The summed E-state index contributed by atoms with van der Waals surface area (Å²) in [5, 5.41) is 12.4. The molecule has 0 saturated carbocycles. The molecule has 0 aromatic heterocycles. The molecular weight excluding hydrogens is 261 g/mol. The van der Waals surface area contributed by atoms with Crippen molar-refractivity contribution in [2.45, 2.75) is 26.3 Å². The van der Waals surface area contributed by atoms with Crippen molar-refractivity contribution in [1.29, 1.82) is 5.26 Å². The zero-order valence-electron chi connectivity index (χ0n) is 11.0. The Kier molecular flexibility index (Phi) is 4.43. The highest BCUT2D eigenvalue weighted by Gasteiger charge is 2.20. The minimum absolute atomic E-state index is 0.314. The van der Waals surface area contributed by atoms with Gasteiger partial charge in [-0.2, -0.15) is 5.26 Å². The summed E-state index contributed by atoms with van der Waals surface area (Å²) >= 11 is 1.61. The Morgan fingerprint density at radius 3 is 3.00 bits per heavy atom. The summed E-state index contributed by atoms with van der Waals surface area (Å²) < 4.78 is 13.7. The van der Waals surface area contributed by atoms with Gasteiger partial charge < -0.3 is 5.32 Å². The number of aliphatic imine (C=N–C) groups is 1. The van der Waals surface area contributed by atoms with E-state index in [9.17, 15) is 4.39 Å². The summed E-state index contributed by atoms with van der Waals surface area (Å²) in [6.45, 7) is 4.35. The van der Waals surface area contributed by atoms with Gasteiger partial charge in [0.1, 0.15) is 5.82 Å². The number of halogens is 1. The zero-order chi connectivity index (χ0) is 13.8. The maximum absolute atomic E-state index is 13.7. The maximum atomic E-state index is 13.7. The molecule has 0 radical (unpaired) electrons. The predicted molar refractivity (Wildman–Crippen MR) is 77.9 cm³/mol. The van der Waals surface area contributed by atoms with Crippen LogP contribution in [0, 0.1) is 23.1 Å². The molecule has 0 spiro atoms. The van der Waals surface area contributed by atoms with Crippen molar-refractivity contribution in [1.82, 2.24) is 0 Å². The topological polar surface area (TPSA) is 48.2 Å². The number of hydrogen-bond acceptors (Lipinski definition) is 4. The van der Waals surface area contributed by atoms with Crippen LogP contribution in [0.2, 0.25) is 0 Å². The van der Waals surface area contributed by atoms with Gasteiger partial charge in [0.05, 0.1) is 23.4 Å². The molecule has 1 unspecified atom stereocenters. The minimum atomic E-state index is -0.422. The number of nitriles is 1. The number of nitrogens with zero attached hydrogens (tertiary/aromatic N) is 2. The largest absolute Gasteiger partial charge is 0.333 e. The normalized spacial score (nSPS) is 18.3. The first-order chi connectivity index (χ1) is 9.08. The van der Waals surface area contributed by atoms with Crippen LogP contribution in [0.5, 0.6) is 0 Å². The molecule has 0 aliphatic carbocycles. The first kappa shape index (κ1) is 13.9. The maximum Gasteiger partial charge on any atom is 0.161 e. The average molecular weight is 277 g/mol. The van der Waals surface area contributed by atoms with Crippen LogP contribution in [0.25, 0.3) is 0 Å². The van der Waals surface area contributed by atoms with Gasteiger partial charge in [-0.15, -0.1) is 0 Å². The van der Waals surface area contributed by atoms with Crippen LogP contribution >= 0.6 is 11.8 Å².